The highest BCUT2D eigenvalue weighted by Gasteiger charge is 2.65. The van der Waals surface area contributed by atoms with Gasteiger partial charge in [-0.25, -0.2) is 0 Å². The predicted octanol–water partition coefficient (Wildman–Crippen LogP) is 3.98. The van der Waals surface area contributed by atoms with E-state index in [1.54, 1.807) is 0 Å². The molecule has 1 aromatic rings. The number of rotatable bonds is 2. The van der Waals surface area contributed by atoms with Gasteiger partial charge in [0.2, 0.25) is 5.91 Å². The molecule has 5 rings (SSSR count). The van der Waals surface area contributed by atoms with Gasteiger partial charge < -0.3 is 4.90 Å². The number of benzene rings is 1. The van der Waals surface area contributed by atoms with Crippen molar-refractivity contribution in [1.82, 2.24) is 9.80 Å². The fourth-order valence-corrected chi connectivity index (χ4v) is 6.57. The fourth-order valence-electron chi connectivity index (χ4n) is 6.57. The van der Waals surface area contributed by atoms with Gasteiger partial charge in [-0.1, -0.05) is 42.2 Å². The van der Waals surface area contributed by atoms with Crippen molar-refractivity contribution in [2.75, 3.05) is 13.1 Å². The number of carbonyl (C=O) groups excluding carboxylic acids is 1. The van der Waals surface area contributed by atoms with Crippen LogP contribution in [0.5, 0.6) is 0 Å². The molecule has 3 atom stereocenters. The monoisotopic (exact) mass is 338 g/mol. The van der Waals surface area contributed by atoms with E-state index in [4.69, 9.17) is 0 Å². The quantitative estimate of drug-likeness (QED) is 0.814. The minimum Gasteiger partial charge on any atom is -0.338 e. The van der Waals surface area contributed by atoms with Crippen LogP contribution >= 0.6 is 0 Å². The van der Waals surface area contributed by atoms with Crippen LogP contribution in [0.15, 0.2) is 18.2 Å². The number of amides is 1. The summed E-state index contributed by atoms with van der Waals surface area (Å²) in [5.41, 5.74) is 3.97. The second-order valence-corrected chi connectivity index (χ2v) is 8.99. The summed E-state index contributed by atoms with van der Waals surface area (Å²) >= 11 is 0. The minimum atomic E-state index is -0.162. The number of aryl methyl sites for hydroxylation is 2. The lowest BCUT2D eigenvalue weighted by atomic mass is 9.85. The molecule has 0 unspecified atom stereocenters. The summed E-state index contributed by atoms with van der Waals surface area (Å²) in [6.07, 6.45) is 8.51. The number of likely N-dealkylation sites (tertiary alicyclic amines) is 1. The lowest BCUT2D eigenvalue weighted by molar-refractivity contribution is -0.138. The van der Waals surface area contributed by atoms with Crippen molar-refractivity contribution in [2.24, 2.45) is 5.92 Å². The normalized spacial score (nSPS) is 35.6. The number of hydrogen-bond donors (Lipinski definition) is 0. The molecular weight excluding hydrogens is 308 g/mol. The molecule has 1 amide bonds. The van der Waals surface area contributed by atoms with Crippen LogP contribution in [0.2, 0.25) is 0 Å². The summed E-state index contributed by atoms with van der Waals surface area (Å²) < 4.78 is 0. The molecule has 3 aliphatic heterocycles. The number of carbonyl (C=O) groups is 1. The molecular formula is C22H30N2O. The van der Waals surface area contributed by atoms with E-state index in [1.165, 1.54) is 48.8 Å². The van der Waals surface area contributed by atoms with Crippen LogP contribution in [-0.4, -0.2) is 40.4 Å². The Balaban J connectivity index is 1.49. The van der Waals surface area contributed by atoms with E-state index < -0.39 is 0 Å². The Bertz CT molecular complexity index is 688. The van der Waals surface area contributed by atoms with Crippen LogP contribution < -0.4 is 0 Å². The molecule has 3 heterocycles. The van der Waals surface area contributed by atoms with E-state index in [2.05, 4.69) is 41.8 Å². The lowest BCUT2D eigenvalue weighted by Crippen LogP contribution is -2.51. The van der Waals surface area contributed by atoms with Gasteiger partial charge in [0.1, 0.15) is 5.54 Å². The van der Waals surface area contributed by atoms with E-state index in [0.717, 1.165) is 25.9 Å². The third-order valence-corrected chi connectivity index (χ3v) is 7.47. The average Bonchev–Trinajstić information content (AvgIpc) is 3.30. The molecule has 1 saturated carbocycles. The molecule has 134 valence electrons. The summed E-state index contributed by atoms with van der Waals surface area (Å²) in [5.74, 6) is 1.02. The average molecular weight is 338 g/mol. The fraction of sp³-hybridized carbons (Fsp3) is 0.682. The topological polar surface area (TPSA) is 23.6 Å². The van der Waals surface area contributed by atoms with E-state index in [0.29, 0.717) is 23.9 Å². The maximum Gasteiger partial charge on any atom is 0.243 e. The van der Waals surface area contributed by atoms with Crippen LogP contribution in [0.1, 0.15) is 67.7 Å². The van der Waals surface area contributed by atoms with E-state index in [1.807, 2.05) is 0 Å². The van der Waals surface area contributed by atoms with Crippen molar-refractivity contribution < 1.29 is 4.79 Å². The lowest BCUT2D eigenvalue weighted by Gasteiger charge is -2.35. The van der Waals surface area contributed by atoms with Gasteiger partial charge in [0.15, 0.2) is 0 Å². The maximum atomic E-state index is 13.6. The molecule has 0 N–H and O–H groups in total. The summed E-state index contributed by atoms with van der Waals surface area (Å²) in [5, 5.41) is 0. The highest BCUT2D eigenvalue weighted by Crippen LogP contribution is 2.56. The molecule has 3 saturated heterocycles. The molecule has 1 aromatic carbocycles. The molecule has 4 fully saturated rings. The summed E-state index contributed by atoms with van der Waals surface area (Å²) in [6.45, 7) is 6.50. The molecule has 1 aliphatic carbocycles. The van der Waals surface area contributed by atoms with E-state index in [-0.39, 0.29) is 5.54 Å². The third kappa shape index (κ3) is 2.17. The van der Waals surface area contributed by atoms with Gasteiger partial charge >= 0.3 is 0 Å². The van der Waals surface area contributed by atoms with E-state index in [9.17, 15) is 4.79 Å². The van der Waals surface area contributed by atoms with Gasteiger partial charge in [0.05, 0.1) is 0 Å². The van der Waals surface area contributed by atoms with Gasteiger partial charge in [-0.3, -0.25) is 9.69 Å². The molecule has 1 spiro atoms. The van der Waals surface area contributed by atoms with Crippen molar-refractivity contribution in [3.63, 3.8) is 0 Å². The first-order valence-electron chi connectivity index (χ1n) is 10.3. The first-order valence-corrected chi connectivity index (χ1v) is 10.3. The molecule has 4 aliphatic rings. The Morgan fingerprint density at radius 3 is 2.48 bits per heavy atom. The Hall–Kier alpha value is -1.35. The number of hydrogen-bond acceptors (Lipinski definition) is 2. The van der Waals surface area contributed by atoms with Crippen molar-refractivity contribution in [3.8, 4) is 0 Å². The zero-order chi connectivity index (χ0) is 17.2. The van der Waals surface area contributed by atoms with E-state index >= 15 is 0 Å². The Labute approximate surface area is 151 Å². The second kappa shape index (κ2) is 5.57. The van der Waals surface area contributed by atoms with Gasteiger partial charge in [-0.15, -0.1) is 0 Å². The molecule has 0 aromatic heterocycles. The molecule has 25 heavy (non-hydrogen) atoms. The standard InChI is InChI=1S/C22H30N2O/c1-15-10-16(2)12-17(11-15)20-13-18-14-23(19-6-3-4-7-19)21(25)22(18)8-5-9-24(20)22/h10-12,18-20H,3-9,13-14H2,1-2H3/t18-,20-,22-/m0/s1. The van der Waals surface area contributed by atoms with Gasteiger partial charge in [0.25, 0.3) is 0 Å². The SMILES string of the molecule is Cc1cc(C)cc([C@@H]2C[C@H]3CN(C4CCCC4)C(=O)[C@]34CCCN24)c1. The van der Waals surface area contributed by atoms with Crippen LogP contribution in [0.25, 0.3) is 0 Å². The smallest absolute Gasteiger partial charge is 0.243 e. The number of nitrogens with zero attached hydrogens (tertiary/aromatic N) is 2. The minimum absolute atomic E-state index is 0.162. The van der Waals surface area contributed by atoms with Crippen molar-refractivity contribution in [1.29, 1.82) is 0 Å². The predicted molar refractivity (Wildman–Crippen MR) is 99.4 cm³/mol. The largest absolute Gasteiger partial charge is 0.338 e. The molecule has 3 nitrogen and oxygen atoms in total. The van der Waals surface area contributed by atoms with Crippen LogP contribution in [0, 0.1) is 19.8 Å². The summed E-state index contributed by atoms with van der Waals surface area (Å²) in [7, 11) is 0. The van der Waals surface area contributed by atoms with Crippen molar-refractivity contribution >= 4 is 5.91 Å². The third-order valence-electron chi connectivity index (χ3n) is 7.47. The van der Waals surface area contributed by atoms with Crippen LogP contribution in [-0.2, 0) is 4.79 Å². The second-order valence-electron chi connectivity index (χ2n) is 8.99. The first kappa shape index (κ1) is 15.9. The molecule has 0 radical (unpaired) electrons. The zero-order valence-corrected chi connectivity index (χ0v) is 15.6. The Morgan fingerprint density at radius 2 is 1.76 bits per heavy atom. The highest BCUT2D eigenvalue weighted by molar-refractivity contribution is 5.90. The van der Waals surface area contributed by atoms with Gasteiger partial charge in [-0.2, -0.15) is 0 Å². The summed E-state index contributed by atoms with van der Waals surface area (Å²) in [4.78, 5) is 18.5. The highest BCUT2D eigenvalue weighted by atomic mass is 16.2. The Kier molecular flexibility index (Phi) is 3.54. The van der Waals surface area contributed by atoms with Gasteiger partial charge in [-0.05, 0) is 58.1 Å². The Morgan fingerprint density at radius 1 is 1.04 bits per heavy atom. The maximum absolute atomic E-state index is 13.6. The van der Waals surface area contributed by atoms with Crippen molar-refractivity contribution in [2.45, 2.75) is 76.4 Å². The summed E-state index contributed by atoms with van der Waals surface area (Å²) in [6, 6.07) is 7.94. The van der Waals surface area contributed by atoms with Crippen LogP contribution in [0.3, 0.4) is 0 Å². The molecule has 3 heteroatoms. The van der Waals surface area contributed by atoms with Gasteiger partial charge in [0, 0.05) is 24.5 Å². The van der Waals surface area contributed by atoms with Crippen LogP contribution in [0.4, 0.5) is 0 Å². The first-order chi connectivity index (χ1) is 12.1. The molecule has 0 bridgehead atoms. The zero-order valence-electron chi connectivity index (χ0n) is 15.6. The van der Waals surface area contributed by atoms with Crippen molar-refractivity contribution in [3.05, 3.63) is 34.9 Å².